The maximum atomic E-state index is 12.1. The molecule has 4 N–H and O–H groups in total. The number of carbonyl (C=O) groups excluding carboxylic acids is 2. The van der Waals surface area contributed by atoms with E-state index in [1.54, 1.807) is 20.8 Å². The largest absolute Gasteiger partial charge is 0.462 e. The van der Waals surface area contributed by atoms with Gasteiger partial charge in [-0.15, -0.1) is 0 Å². The van der Waals surface area contributed by atoms with Gasteiger partial charge in [0.25, 0.3) is 0 Å². The number of aliphatic hydroxyl groups excluding tert-OH is 1. The van der Waals surface area contributed by atoms with Crippen LogP contribution in [0.1, 0.15) is 26.3 Å². The zero-order chi connectivity index (χ0) is 19.7. The fourth-order valence-corrected chi connectivity index (χ4v) is 2.22. The molecule has 1 amide bonds. The Bertz CT molecular complexity index is 577. The average molecular weight is 384 g/mol. The number of amides is 1. The number of hydrogen-bond acceptors (Lipinski definition) is 7. The van der Waals surface area contributed by atoms with Gasteiger partial charge in [-0.25, -0.2) is 4.79 Å². The molecule has 0 saturated heterocycles. The lowest BCUT2D eigenvalue weighted by Crippen LogP contribution is -2.49. The Kier molecular flexibility index (Phi) is 8.91. The minimum atomic E-state index is -1.13. The van der Waals surface area contributed by atoms with Crippen molar-refractivity contribution in [2.24, 2.45) is 5.73 Å². The third kappa shape index (κ3) is 8.55. The van der Waals surface area contributed by atoms with Gasteiger partial charge in [-0.05, 0) is 32.8 Å². The van der Waals surface area contributed by atoms with Gasteiger partial charge < -0.3 is 25.6 Å². The van der Waals surface area contributed by atoms with Crippen molar-refractivity contribution in [3.05, 3.63) is 35.9 Å². The van der Waals surface area contributed by atoms with E-state index in [2.05, 4.69) is 17.9 Å². The number of nitrogens with one attached hydrogen (secondary N) is 1. The molecule has 8 heteroatoms. The van der Waals surface area contributed by atoms with Crippen molar-refractivity contribution in [2.75, 3.05) is 12.4 Å². The maximum Gasteiger partial charge on any atom is 0.407 e. The summed E-state index contributed by atoms with van der Waals surface area (Å²) in [5.41, 5.74) is 5.77. The second kappa shape index (κ2) is 10.4. The fourth-order valence-electron chi connectivity index (χ4n) is 2.08. The van der Waals surface area contributed by atoms with E-state index in [-0.39, 0.29) is 12.4 Å². The molecule has 146 valence electrons. The molecule has 0 heterocycles. The molecule has 0 aliphatic carbocycles. The van der Waals surface area contributed by atoms with Crippen molar-refractivity contribution in [2.45, 2.75) is 51.0 Å². The van der Waals surface area contributed by atoms with E-state index in [4.69, 9.17) is 15.2 Å². The van der Waals surface area contributed by atoms with Gasteiger partial charge in [-0.2, -0.15) is 12.6 Å². The summed E-state index contributed by atoms with van der Waals surface area (Å²) in [7, 11) is 0. The van der Waals surface area contributed by atoms with Crippen LogP contribution in [0.2, 0.25) is 0 Å². The highest BCUT2D eigenvalue weighted by Gasteiger charge is 2.26. The minimum absolute atomic E-state index is 0.137. The number of carbonyl (C=O) groups is 2. The number of rotatable bonds is 8. The van der Waals surface area contributed by atoms with Gasteiger partial charge in [0, 0.05) is 5.75 Å². The first-order chi connectivity index (χ1) is 12.1. The Balaban J connectivity index is 2.75. The molecule has 26 heavy (non-hydrogen) atoms. The molecule has 0 aromatic heterocycles. The molecule has 0 radical (unpaired) electrons. The van der Waals surface area contributed by atoms with Crippen molar-refractivity contribution in [3.63, 3.8) is 0 Å². The van der Waals surface area contributed by atoms with E-state index in [0.29, 0.717) is 6.42 Å². The number of aliphatic hydroxyl groups is 1. The van der Waals surface area contributed by atoms with Crippen LogP contribution < -0.4 is 11.1 Å². The first-order valence-electron chi connectivity index (χ1n) is 8.37. The van der Waals surface area contributed by atoms with Gasteiger partial charge in [-0.3, -0.25) is 4.79 Å². The summed E-state index contributed by atoms with van der Waals surface area (Å²) in [6.07, 6.45) is -1.44. The van der Waals surface area contributed by atoms with Gasteiger partial charge in [0.15, 0.2) is 0 Å². The molecule has 7 nitrogen and oxygen atoms in total. The summed E-state index contributed by atoms with van der Waals surface area (Å²) in [5.74, 6) is -0.520. The second-order valence-corrected chi connectivity index (χ2v) is 7.29. The topological polar surface area (TPSA) is 111 Å². The van der Waals surface area contributed by atoms with E-state index in [9.17, 15) is 14.7 Å². The van der Waals surface area contributed by atoms with E-state index >= 15 is 0 Å². The molecule has 1 unspecified atom stereocenters. The van der Waals surface area contributed by atoms with Gasteiger partial charge in [0.05, 0.1) is 6.04 Å². The monoisotopic (exact) mass is 384 g/mol. The molecule has 0 fully saturated rings. The normalized spacial score (nSPS) is 14.8. The molecule has 0 aliphatic rings. The van der Waals surface area contributed by atoms with Crippen LogP contribution in [0, 0.1) is 0 Å². The van der Waals surface area contributed by atoms with Crippen molar-refractivity contribution >= 4 is 24.7 Å². The van der Waals surface area contributed by atoms with Gasteiger partial charge in [-0.1, -0.05) is 30.3 Å². The Hall–Kier alpha value is -1.77. The number of nitrogens with two attached hydrogens (primary N) is 1. The molecule has 0 bridgehead atoms. The smallest absolute Gasteiger partial charge is 0.407 e. The lowest BCUT2D eigenvalue weighted by atomic mass is 10.0. The van der Waals surface area contributed by atoms with Crippen molar-refractivity contribution in [3.8, 4) is 0 Å². The molecule has 1 aromatic rings. The Morgan fingerprint density at radius 2 is 1.88 bits per heavy atom. The number of benzene rings is 1. The summed E-state index contributed by atoms with van der Waals surface area (Å²) < 4.78 is 10.2. The van der Waals surface area contributed by atoms with E-state index in [0.717, 1.165) is 5.56 Å². The van der Waals surface area contributed by atoms with E-state index in [1.165, 1.54) is 0 Å². The molecular weight excluding hydrogens is 356 g/mol. The zero-order valence-corrected chi connectivity index (χ0v) is 16.2. The van der Waals surface area contributed by atoms with Crippen LogP contribution in [-0.2, 0) is 20.7 Å². The summed E-state index contributed by atoms with van der Waals surface area (Å²) in [5, 5.41) is 13.1. The lowest BCUT2D eigenvalue weighted by Gasteiger charge is -2.27. The Labute approximate surface area is 159 Å². The molecule has 0 spiro atoms. The van der Waals surface area contributed by atoms with Crippen LogP contribution in [-0.4, -0.2) is 53.3 Å². The standard InChI is InChI=1S/C18H28N2O5S/c1-18(2,3)25-17(23)20-14(9-12-7-5-4-6-8-12)15(21)10-24-16(22)13(19)11-26/h4-8,13-15,21,26H,9-11,19H2,1-3H3,(H,20,23)/t13-,14?,15+/m0/s1. The van der Waals surface area contributed by atoms with E-state index in [1.807, 2.05) is 30.3 Å². The highest BCUT2D eigenvalue weighted by atomic mass is 32.1. The second-order valence-electron chi connectivity index (χ2n) is 6.93. The fraction of sp³-hybridized carbons (Fsp3) is 0.556. The third-order valence-corrected chi connectivity index (χ3v) is 3.75. The number of alkyl carbamates (subject to hydrolysis) is 1. The molecule has 3 atom stereocenters. The van der Waals surface area contributed by atoms with Crippen LogP contribution in [0.4, 0.5) is 4.79 Å². The van der Waals surface area contributed by atoms with Crippen molar-refractivity contribution < 1.29 is 24.2 Å². The van der Waals surface area contributed by atoms with Gasteiger partial charge in [0.1, 0.15) is 24.4 Å². The van der Waals surface area contributed by atoms with Crippen molar-refractivity contribution in [1.29, 1.82) is 0 Å². The van der Waals surface area contributed by atoms with Crippen LogP contribution >= 0.6 is 12.6 Å². The predicted octanol–water partition coefficient (Wildman–Crippen LogP) is 1.28. The minimum Gasteiger partial charge on any atom is -0.462 e. The van der Waals surface area contributed by atoms with Gasteiger partial charge in [0.2, 0.25) is 0 Å². The SMILES string of the molecule is CC(C)(C)OC(=O)NC(Cc1ccccc1)[C@H](O)COC(=O)[C@@H](N)CS. The molecule has 1 rings (SSSR count). The summed E-state index contributed by atoms with van der Waals surface area (Å²) >= 11 is 3.93. The summed E-state index contributed by atoms with van der Waals surface area (Å²) in [4.78, 5) is 23.7. The highest BCUT2D eigenvalue weighted by molar-refractivity contribution is 7.80. The molecular formula is C18H28N2O5S. The van der Waals surface area contributed by atoms with Crippen LogP contribution in [0.25, 0.3) is 0 Å². The average Bonchev–Trinajstić information content (AvgIpc) is 2.57. The number of hydrogen-bond donors (Lipinski definition) is 4. The summed E-state index contributed by atoms with van der Waals surface area (Å²) in [6, 6.07) is 7.77. The van der Waals surface area contributed by atoms with Crippen LogP contribution in [0.15, 0.2) is 30.3 Å². The predicted molar refractivity (Wildman–Crippen MR) is 102 cm³/mol. The lowest BCUT2D eigenvalue weighted by molar-refractivity contribution is -0.148. The number of thiol groups is 1. The van der Waals surface area contributed by atoms with Crippen LogP contribution in [0.3, 0.4) is 0 Å². The number of ether oxygens (including phenoxy) is 2. The van der Waals surface area contributed by atoms with Gasteiger partial charge >= 0.3 is 12.1 Å². The van der Waals surface area contributed by atoms with Crippen LogP contribution in [0.5, 0.6) is 0 Å². The quantitative estimate of drug-likeness (QED) is 0.397. The third-order valence-electron chi connectivity index (χ3n) is 3.36. The first-order valence-corrected chi connectivity index (χ1v) is 9.00. The Morgan fingerprint density at radius 3 is 2.42 bits per heavy atom. The molecule has 0 aliphatic heterocycles. The highest BCUT2D eigenvalue weighted by Crippen LogP contribution is 2.11. The zero-order valence-electron chi connectivity index (χ0n) is 15.3. The molecule has 0 saturated carbocycles. The summed E-state index contributed by atoms with van der Waals surface area (Å²) in [6.45, 7) is 4.94. The van der Waals surface area contributed by atoms with Crippen molar-refractivity contribution in [1.82, 2.24) is 5.32 Å². The maximum absolute atomic E-state index is 12.1. The number of esters is 1. The molecule has 1 aromatic carbocycles. The van der Waals surface area contributed by atoms with E-state index < -0.39 is 35.9 Å². The first kappa shape index (κ1) is 22.3. The Morgan fingerprint density at radius 1 is 1.27 bits per heavy atom.